The van der Waals surface area contributed by atoms with Crippen LogP contribution >= 0.6 is 11.6 Å². The van der Waals surface area contributed by atoms with Gasteiger partial charge in [0.25, 0.3) is 5.91 Å². The van der Waals surface area contributed by atoms with E-state index in [1.165, 1.54) is 4.68 Å². The largest absolute Gasteiger partial charge is 0.450 e. The van der Waals surface area contributed by atoms with Crippen LogP contribution in [0.1, 0.15) is 21.8 Å². The summed E-state index contributed by atoms with van der Waals surface area (Å²) in [6.07, 6.45) is 0. The number of amides is 1. The standard InChI is InChI=1S/C17H16ClN3O4/c1-9-6-14(21(3)20-9)19-15(22)8-24-17(23)16-10(2)12-7-11(18)4-5-13(12)25-16/h4-7H,8H2,1-3H3,(H,19,22). The molecule has 0 aliphatic heterocycles. The van der Waals surface area contributed by atoms with E-state index in [2.05, 4.69) is 10.4 Å². The van der Waals surface area contributed by atoms with Crippen LogP contribution in [0.2, 0.25) is 5.02 Å². The number of aromatic nitrogens is 2. The van der Waals surface area contributed by atoms with Gasteiger partial charge in [0.2, 0.25) is 5.76 Å². The van der Waals surface area contributed by atoms with Gasteiger partial charge in [0.1, 0.15) is 11.4 Å². The van der Waals surface area contributed by atoms with Crippen molar-refractivity contribution in [1.82, 2.24) is 9.78 Å². The highest BCUT2D eigenvalue weighted by molar-refractivity contribution is 6.31. The van der Waals surface area contributed by atoms with Crippen LogP contribution < -0.4 is 5.32 Å². The van der Waals surface area contributed by atoms with E-state index in [0.717, 1.165) is 11.1 Å². The summed E-state index contributed by atoms with van der Waals surface area (Å²) in [5, 5.41) is 8.02. The number of ether oxygens (including phenoxy) is 1. The molecule has 0 saturated heterocycles. The fourth-order valence-electron chi connectivity index (χ4n) is 2.49. The Balaban J connectivity index is 1.67. The zero-order chi connectivity index (χ0) is 18.1. The zero-order valence-corrected chi connectivity index (χ0v) is 14.7. The van der Waals surface area contributed by atoms with Gasteiger partial charge in [-0.25, -0.2) is 4.79 Å². The van der Waals surface area contributed by atoms with Crippen molar-refractivity contribution in [2.24, 2.45) is 7.05 Å². The molecule has 0 spiro atoms. The molecule has 3 aromatic rings. The molecule has 1 N–H and O–H groups in total. The summed E-state index contributed by atoms with van der Waals surface area (Å²) in [5.74, 6) is -0.594. The van der Waals surface area contributed by atoms with Crippen LogP contribution in [-0.2, 0) is 16.6 Å². The topological polar surface area (TPSA) is 86.4 Å². The van der Waals surface area contributed by atoms with E-state index in [-0.39, 0.29) is 5.76 Å². The fourth-order valence-corrected chi connectivity index (χ4v) is 2.66. The maximum atomic E-state index is 12.2. The summed E-state index contributed by atoms with van der Waals surface area (Å²) in [6.45, 7) is 3.11. The van der Waals surface area contributed by atoms with Gasteiger partial charge in [-0.05, 0) is 32.0 Å². The van der Waals surface area contributed by atoms with Gasteiger partial charge < -0.3 is 14.5 Å². The number of carbonyl (C=O) groups is 2. The molecule has 1 amide bonds. The van der Waals surface area contributed by atoms with Crippen molar-refractivity contribution in [3.05, 3.63) is 46.3 Å². The summed E-state index contributed by atoms with van der Waals surface area (Å²) < 4.78 is 12.1. The summed E-state index contributed by atoms with van der Waals surface area (Å²) >= 11 is 5.96. The molecule has 0 fully saturated rings. The van der Waals surface area contributed by atoms with E-state index in [1.807, 2.05) is 6.92 Å². The monoisotopic (exact) mass is 361 g/mol. The van der Waals surface area contributed by atoms with Crippen LogP contribution in [0.3, 0.4) is 0 Å². The third-order valence-electron chi connectivity index (χ3n) is 3.69. The highest BCUT2D eigenvalue weighted by Crippen LogP contribution is 2.28. The molecule has 2 aromatic heterocycles. The van der Waals surface area contributed by atoms with Gasteiger partial charge >= 0.3 is 5.97 Å². The molecule has 0 aliphatic rings. The zero-order valence-electron chi connectivity index (χ0n) is 13.9. The Kier molecular flexibility index (Phi) is 4.50. The normalized spacial score (nSPS) is 10.9. The van der Waals surface area contributed by atoms with E-state index in [0.29, 0.717) is 22.0 Å². The van der Waals surface area contributed by atoms with Gasteiger partial charge in [-0.1, -0.05) is 11.6 Å². The smallest absolute Gasteiger partial charge is 0.375 e. The first-order valence-corrected chi connectivity index (χ1v) is 7.89. The molecule has 0 saturated carbocycles. The maximum absolute atomic E-state index is 12.2. The Bertz CT molecular complexity index is 974. The quantitative estimate of drug-likeness (QED) is 0.721. The molecular formula is C17H16ClN3O4. The molecule has 2 heterocycles. The third-order valence-corrected chi connectivity index (χ3v) is 3.92. The van der Waals surface area contributed by atoms with Crippen LogP contribution in [0.5, 0.6) is 0 Å². The molecule has 0 bridgehead atoms. The first kappa shape index (κ1) is 17.0. The molecule has 7 nitrogen and oxygen atoms in total. The second kappa shape index (κ2) is 6.60. The fraction of sp³-hybridized carbons (Fsp3) is 0.235. The summed E-state index contributed by atoms with van der Waals surface area (Å²) in [7, 11) is 1.71. The number of halogens is 1. The molecule has 25 heavy (non-hydrogen) atoms. The van der Waals surface area contributed by atoms with Crippen LogP contribution in [0, 0.1) is 13.8 Å². The second-order valence-corrected chi connectivity index (χ2v) is 6.05. The predicted molar refractivity (Wildman–Crippen MR) is 92.8 cm³/mol. The number of furan rings is 1. The molecule has 0 unspecified atom stereocenters. The number of benzene rings is 1. The van der Waals surface area contributed by atoms with E-state index < -0.39 is 18.5 Å². The Morgan fingerprint density at radius 2 is 2.08 bits per heavy atom. The summed E-state index contributed by atoms with van der Waals surface area (Å²) in [6, 6.07) is 6.78. The number of nitrogens with one attached hydrogen (secondary N) is 1. The minimum Gasteiger partial charge on any atom is -0.450 e. The van der Waals surface area contributed by atoms with Gasteiger partial charge in [0.15, 0.2) is 6.61 Å². The SMILES string of the molecule is Cc1cc(NC(=O)COC(=O)c2oc3ccc(Cl)cc3c2C)n(C)n1. The number of carbonyl (C=O) groups excluding carboxylic acids is 2. The highest BCUT2D eigenvalue weighted by atomic mass is 35.5. The Morgan fingerprint density at radius 3 is 2.76 bits per heavy atom. The Labute approximate surface area is 148 Å². The summed E-state index contributed by atoms with van der Waals surface area (Å²) in [5.41, 5.74) is 1.92. The summed E-state index contributed by atoms with van der Waals surface area (Å²) in [4.78, 5) is 24.1. The van der Waals surface area contributed by atoms with Crippen molar-refractivity contribution in [2.45, 2.75) is 13.8 Å². The molecule has 130 valence electrons. The van der Waals surface area contributed by atoms with E-state index in [9.17, 15) is 9.59 Å². The molecule has 0 atom stereocenters. The van der Waals surface area contributed by atoms with Crippen molar-refractivity contribution < 1.29 is 18.7 Å². The van der Waals surface area contributed by atoms with Crippen molar-refractivity contribution >= 4 is 40.3 Å². The van der Waals surface area contributed by atoms with Crippen LogP contribution in [0.15, 0.2) is 28.7 Å². The first-order chi connectivity index (χ1) is 11.8. The van der Waals surface area contributed by atoms with Crippen molar-refractivity contribution in [1.29, 1.82) is 0 Å². The number of fused-ring (bicyclic) bond motifs is 1. The average molecular weight is 362 g/mol. The van der Waals surface area contributed by atoms with Gasteiger partial charge in [-0.15, -0.1) is 0 Å². The number of aryl methyl sites for hydroxylation is 3. The van der Waals surface area contributed by atoms with E-state index in [4.69, 9.17) is 20.8 Å². The maximum Gasteiger partial charge on any atom is 0.375 e. The first-order valence-electron chi connectivity index (χ1n) is 7.51. The number of esters is 1. The minimum atomic E-state index is -0.707. The number of rotatable bonds is 4. The predicted octanol–water partition coefficient (Wildman–Crippen LogP) is 3.23. The van der Waals surface area contributed by atoms with Crippen LogP contribution in [0.25, 0.3) is 11.0 Å². The third kappa shape index (κ3) is 3.51. The number of hydrogen-bond acceptors (Lipinski definition) is 5. The van der Waals surface area contributed by atoms with Crippen LogP contribution in [0.4, 0.5) is 5.82 Å². The number of anilines is 1. The molecule has 0 radical (unpaired) electrons. The van der Waals surface area contributed by atoms with Gasteiger partial charge in [0.05, 0.1) is 5.69 Å². The lowest BCUT2D eigenvalue weighted by atomic mass is 10.1. The minimum absolute atomic E-state index is 0.0569. The highest BCUT2D eigenvalue weighted by Gasteiger charge is 2.20. The average Bonchev–Trinajstić information content (AvgIpc) is 3.04. The number of nitrogens with zero attached hydrogens (tertiary/aromatic N) is 2. The van der Waals surface area contributed by atoms with Crippen molar-refractivity contribution in [3.63, 3.8) is 0 Å². The Morgan fingerprint density at radius 1 is 1.32 bits per heavy atom. The molecule has 1 aromatic carbocycles. The van der Waals surface area contributed by atoms with Crippen molar-refractivity contribution in [2.75, 3.05) is 11.9 Å². The Hall–Kier alpha value is -2.80. The van der Waals surface area contributed by atoms with E-state index >= 15 is 0 Å². The van der Waals surface area contributed by atoms with Crippen LogP contribution in [-0.4, -0.2) is 28.3 Å². The lowest BCUT2D eigenvalue weighted by Gasteiger charge is -2.05. The van der Waals surface area contributed by atoms with E-state index in [1.54, 1.807) is 38.2 Å². The molecule has 8 heteroatoms. The van der Waals surface area contributed by atoms with Gasteiger partial charge in [0, 0.05) is 29.1 Å². The molecule has 3 rings (SSSR count). The second-order valence-electron chi connectivity index (χ2n) is 5.62. The lowest BCUT2D eigenvalue weighted by Crippen LogP contribution is -2.22. The number of hydrogen-bond donors (Lipinski definition) is 1. The van der Waals surface area contributed by atoms with Gasteiger partial charge in [-0.3, -0.25) is 9.48 Å². The van der Waals surface area contributed by atoms with Crippen molar-refractivity contribution in [3.8, 4) is 0 Å². The molecular weight excluding hydrogens is 346 g/mol. The van der Waals surface area contributed by atoms with Gasteiger partial charge in [-0.2, -0.15) is 5.10 Å². The molecule has 0 aliphatic carbocycles. The lowest BCUT2D eigenvalue weighted by molar-refractivity contribution is -0.119.